The van der Waals surface area contributed by atoms with E-state index in [4.69, 9.17) is 4.74 Å². The summed E-state index contributed by atoms with van der Waals surface area (Å²) in [4.78, 5) is 4.23. The van der Waals surface area contributed by atoms with Crippen LogP contribution in [0.2, 0.25) is 0 Å². The lowest BCUT2D eigenvalue weighted by Gasteiger charge is -2.43. The molecule has 0 amide bonds. The van der Waals surface area contributed by atoms with Crippen molar-refractivity contribution in [2.24, 2.45) is 4.99 Å². The van der Waals surface area contributed by atoms with Crippen LogP contribution < -0.4 is 5.32 Å². The quantitative estimate of drug-likeness (QED) is 0.532. The van der Waals surface area contributed by atoms with Crippen LogP contribution in [0, 0.1) is 0 Å². The van der Waals surface area contributed by atoms with Gasteiger partial charge in [-0.25, -0.2) is 0 Å². The predicted molar refractivity (Wildman–Crippen MR) is 69.5 cm³/mol. The minimum atomic E-state index is -1.21. The summed E-state index contributed by atoms with van der Waals surface area (Å²) >= 11 is 1.38. The van der Waals surface area contributed by atoms with Crippen LogP contribution in [-0.2, 0) is 4.74 Å². The number of aliphatic imine (C=N–C) groups is 1. The molecular formula is C11H20N2O4S. The van der Waals surface area contributed by atoms with Gasteiger partial charge < -0.3 is 25.4 Å². The molecule has 0 aliphatic carbocycles. The highest BCUT2D eigenvalue weighted by Gasteiger charge is 2.52. The Bertz CT molecular complexity index is 344. The minimum absolute atomic E-state index is 0.342. The molecule has 2 fully saturated rings. The van der Waals surface area contributed by atoms with Crippen molar-refractivity contribution in [3.8, 4) is 0 Å². The van der Waals surface area contributed by atoms with Gasteiger partial charge in [0.05, 0.1) is 11.6 Å². The Hall–Kier alpha value is -0.340. The van der Waals surface area contributed by atoms with Crippen LogP contribution in [0.1, 0.15) is 20.8 Å². The molecule has 5 unspecified atom stereocenters. The molecule has 2 heterocycles. The molecule has 0 aromatic heterocycles. The van der Waals surface area contributed by atoms with Gasteiger partial charge in [-0.1, -0.05) is 11.8 Å². The second-order valence-corrected chi connectivity index (χ2v) is 6.21. The number of aliphatic hydroxyl groups is 3. The van der Waals surface area contributed by atoms with E-state index >= 15 is 0 Å². The van der Waals surface area contributed by atoms with Crippen molar-refractivity contribution in [1.29, 1.82) is 0 Å². The van der Waals surface area contributed by atoms with E-state index in [0.29, 0.717) is 11.7 Å². The maximum absolute atomic E-state index is 10.1. The van der Waals surface area contributed by atoms with Gasteiger partial charge in [-0.05, 0) is 20.8 Å². The average molecular weight is 276 g/mol. The Morgan fingerprint density at radius 2 is 2.06 bits per heavy atom. The molecule has 5 atom stereocenters. The normalized spacial score (nSPS) is 42.8. The highest BCUT2D eigenvalue weighted by atomic mass is 32.2. The molecule has 0 bridgehead atoms. The van der Waals surface area contributed by atoms with Crippen LogP contribution in [0.15, 0.2) is 4.99 Å². The maximum atomic E-state index is 10.1. The third kappa shape index (κ3) is 2.50. The maximum Gasteiger partial charge on any atom is 0.159 e. The van der Waals surface area contributed by atoms with Gasteiger partial charge in [0.2, 0.25) is 0 Å². The van der Waals surface area contributed by atoms with Crippen LogP contribution in [0.3, 0.4) is 0 Å². The van der Waals surface area contributed by atoms with Gasteiger partial charge in [0.1, 0.15) is 23.7 Å². The lowest BCUT2D eigenvalue weighted by Crippen LogP contribution is -2.63. The highest BCUT2D eigenvalue weighted by Crippen LogP contribution is 2.36. The van der Waals surface area contributed by atoms with E-state index in [9.17, 15) is 15.3 Å². The van der Waals surface area contributed by atoms with Crippen molar-refractivity contribution >= 4 is 16.9 Å². The molecule has 6 nitrogen and oxygen atoms in total. The smallest absolute Gasteiger partial charge is 0.159 e. The first-order valence-electron chi connectivity index (χ1n) is 6.06. The zero-order valence-corrected chi connectivity index (χ0v) is 11.5. The van der Waals surface area contributed by atoms with Crippen LogP contribution in [-0.4, -0.2) is 62.4 Å². The van der Waals surface area contributed by atoms with Crippen molar-refractivity contribution in [3.63, 3.8) is 0 Å². The van der Waals surface area contributed by atoms with E-state index in [1.165, 1.54) is 11.8 Å². The molecule has 2 saturated heterocycles. The summed E-state index contributed by atoms with van der Waals surface area (Å²) in [5, 5.41) is 33.8. The second-order valence-electron chi connectivity index (χ2n) is 5.13. The van der Waals surface area contributed by atoms with E-state index in [1.54, 1.807) is 13.8 Å². The molecule has 0 saturated carbocycles. The summed E-state index contributed by atoms with van der Waals surface area (Å²) in [5.74, 6) is 0. The summed E-state index contributed by atoms with van der Waals surface area (Å²) in [6.45, 7) is 5.68. The van der Waals surface area contributed by atoms with Crippen LogP contribution >= 0.6 is 11.8 Å². The Kier molecular flexibility index (Phi) is 3.89. The summed E-state index contributed by atoms with van der Waals surface area (Å²) < 4.78 is 5.69. The molecule has 0 radical (unpaired) electrons. The topological polar surface area (TPSA) is 94.3 Å². The van der Waals surface area contributed by atoms with Crippen LogP contribution in [0.25, 0.3) is 0 Å². The van der Waals surface area contributed by atoms with E-state index in [1.807, 2.05) is 6.92 Å². The number of aliphatic hydroxyl groups excluding tert-OH is 2. The molecule has 2 aliphatic heterocycles. The molecule has 2 rings (SSSR count). The first kappa shape index (κ1) is 14.1. The number of ether oxygens (including phenoxy) is 1. The molecule has 18 heavy (non-hydrogen) atoms. The van der Waals surface area contributed by atoms with Gasteiger partial charge in [-0.3, -0.25) is 4.99 Å². The average Bonchev–Trinajstić information content (AvgIpc) is 2.65. The van der Waals surface area contributed by atoms with Gasteiger partial charge in [0, 0.05) is 6.54 Å². The van der Waals surface area contributed by atoms with E-state index in [-0.39, 0.29) is 5.44 Å². The van der Waals surface area contributed by atoms with Crippen molar-refractivity contribution in [3.05, 3.63) is 0 Å². The fourth-order valence-corrected chi connectivity index (χ4v) is 3.39. The number of rotatable bonds is 2. The van der Waals surface area contributed by atoms with Crippen molar-refractivity contribution in [1.82, 2.24) is 5.32 Å². The largest absolute Gasteiger partial charge is 0.388 e. The van der Waals surface area contributed by atoms with Crippen molar-refractivity contribution in [2.75, 3.05) is 6.54 Å². The third-order valence-electron chi connectivity index (χ3n) is 3.12. The van der Waals surface area contributed by atoms with Crippen LogP contribution in [0.5, 0.6) is 0 Å². The zero-order chi connectivity index (χ0) is 13.5. The number of nitrogens with zero attached hydrogens (tertiary/aromatic N) is 1. The summed E-state index contributed by atoms with van der Waals surface area (Å²) in [5.41, 5.74) is -1.55. The SMILES string of the molecule is CCN=C1NC2C(OC(C(C)(C)O)C(O)C2O)S1. The Morgan fingerprint density at radius 1 is 1.39 bits per heavy atom. The Labute approximate surface area is 110 Å². The Balaban J connectivity index is 2.16. The third-order valence-corrected chi connectivity index (χ3v) is 4.22. The number of amidine groups is 1. The van der Waals surface area contributed by atoms with E-state index in [2.05, 4.69) is 10.3 Å². The summed E-state index contributed by atoms with van der Waals surface area (Å²) in [7, 11) is 0. The van der Waals surface area contributed by atoms with Crippen molar-refractivity contribution < 1.29 is 20.1 Å². The van der Waals surface area contributed by atoms with Gasteiger partial charge in [0.15, 0.2) is 5.17 Å². The van der Waals surface area contributed by atoms with E-state index in [0.717, 1.165) is 0 Å². The second kappa shape index (κ2) is 4.97. The molecule has 4 N–H and O–H groups in total. The number of hydrogen-bond donors (Lipinski definition) is 4. The molecule has 7 heteroatoms. The zero-order valence-electron chi connectivity index (χ0n) is 10.7. The molecule has 0 aromatic rings. The van der Waals surface area contributed by atoms with Gasteiger partial charge in [-0.15, -0.1) is 0 Å². The van der Waals surface area contributed by atoms with Crippen molar-refractivity contribution in [2.45, 2.75) is 56.2 Å². The fraction of sp³-hybridized carbons (Fsp3) is 0.909. The number of thioether (sulfide) groups is 1. The molecule has 104 valence electrons. The summed E-state index contributed by atoms with van der Waals surface area (Å²) in [6.07, 6.45) is -2.93. The lowest BCUT2D eigenvalue weighted by atomic mass is 9.88. The molecule has 2 aliphatic rings. The predicted octanol–water partition coefficient (Wildman–Crippen LogP) is -0.715. The fourth-order valence-electron chi connectivity index (χ4n) is 2.21. The minimum Gasteiger partial charge on any atom is -0.388 e. The van der Waals surface area contributed by atoms with Crippen LogP contribution in [0.4, 0.5) is 0 Å². The highest BCUT2D eigenvalue weighted by molar-refractivity contribution is 8.14. The Morgan fingerprint density at radius 3 is 2.61 bits per heavy atom. The van der Waals surface area contributed by atoms with E-state index < -0.39 is 30.0 Å². The standard InChI is InChI=1S/C11H20N2O4S/c1-4-12-10-13-5-6(14)7(15)8(11(2,3)16)17-9(5)18-10/h5-9,14-16H,4H2,1-3H3,(H,12,13). The summed E-state index contributed by atoms with van der Waals surface area (Å²) in [6, 6.07) is -0.395. The van der Waals surface area contributed by atoms with Gasteiger partial charge in [0.25, 0.3) is 0 Å². The van der Waals surface area contributed by atoms with Gasteiger partial charge >= 0.3 is 0 Å². The lowest BCUT2D eigenvalue weighted by molar-refractivity contribution is -0.210. The number of fused-ring (bicyclic) bond motifs is 1. The molecule has 0 aromatic carbocycles. The number of hydrogen-bond acceptors (Lipinski definition) is 6. The molecular weight excluding hydrogens is 256 g/mol. The number of nitrogens with one attached hydrogen (secondary N) is 1. The molecule has 0 spiro atoms. The first-order chi connectivity index (χ1) is 8.34. The van der Waals surface area contributed by atoms with Gasteiger partial charge in [-0.2, -0.15) is 0 Å². The first-order valence-corrected chi connectivity index (χ1v) is 6.94. The monoisotopic (exact) mass is 276 g/mol.